The van der Waals surface area contributed by atoms with E-state index in [0.29, 0.717) is 26.4 Å². The van der Waals surface area contributed by atoms with Gasteiger partial charge in [-0.25, -0.2) is 0 Å². The van der Waals surface area contributed by atoms with Gasteiger partial charge < -0.3 is 18.9 Å². The van der Waals surface area contributed by atoms with E-state index in [4.69, 9.17) is 18.9 Å². The molecule has 0 atom stereocenters. The zero-order chi connectivity index (χ0) is 22.1. The smallest absolute Gasteiger partial charge is 0.0700 e. The van der Waals surface area contributed by atoms with Crippen LogP contribution in [0.1, 0.15) is 47.9 Å². The van der Waals surface area contributed by atoms with Crippen molar-refractivity contribution in [3.63, 3.8) is 0 Å². The fraction of sp³-hybridized carbons (Fsp3) is 0.556. The van der Waals surface area contributed by atoms with Crippen molar-refractivity contribution >= 4 is 0 Å². The molecule has 2 aromatic carbocycles. The van der Waals surface area contributed by atoms with E-state index in [0.717, 1.165) is 38.9 Å². The summed E-state index contributed by atoms with van der Waals surface area (Å²) in [6.07, 6.45) is 4.19. The number of methoxy groups -OCH3 is 2. The molecule has 0 saturated carbocycles. The largest absolute Gasteiger partial charge is 0.382 e. The number of benzene rings is 2. The van der Waals surface area contributed by atoms with Gasteiger partial charge in [0.05, 0.1) is 26.4 Å². The highest BCUT2D eigenvalue weighted by Gasteiger charge is 2.42. The van der Waals surface area contributed by atoms with E-state index in [9.17, 15) is 0 Å². The first-order valence-corrected chi connectivity index (χ1v) is 11.5. The van der Waals surface area contributed by atoms with E-state index in [1.54, 1.807) is 14.2 Å². The molecule has 0 radical (unpaired) electrons. The molecular weight excluding hydrogens is 388 g/mol. The molecule has 0 heterocycles. The molecule has 4 heteroatoms. The third kappa shape index (κ3) is 5.75. The number of hydrogen-bond acceptors (Lipinski definition) is 4. The third-order valence-electron chi connectivity index (χ3n) is 6.32. The summed E-state index contributed by atoms with van der Waals surface area (Å²) in [5.41, 5.74) is 8.38. The maximum Gasteiger partial charge on any atom is 0.0700 e. The van der Waals surface area contributed by atoms with Gasteiger partial charge in [-0.15, -0.1) is 0 Å². The first kappa shape index (κ1) is 23.9. The third-order valence-corrected chi connectivity index (χ3v) is 6.32. The van der Waals surface area contributed by atoms with Crippen LogP contribution in [0.5, 0.6) is 0 Å². The zero-order valence-electron chi connectivity index (χ0n) is 19.7. The minimum atomic E-state index is 0.0118. The maximum absolute atomic E-state index is 5.81. The van der Waals surface area contributed by atoms with Crippen LogP contribution in [0.15, 0.2) is 36.4 Å². The van der Waals surface area contributed by atoms with Crippen molar-refractivity contribution in [2.24, 2.45) is 0 Å². The van der Waals surface area contributed by atoms with Crippen LogP contribution in [0, 0.1) is 13.8 Å². The summed E-state index contributed by atoms with van der Waals surface area (Å²) in [5.74, 6) is 0. The fourth-order valence-electron chi connectivity index (χ4n) is 4.83. The van der Waals surface area contributed by atoms with E-state index in [1.165, 1.54) is 33.4 Å². The Morgan fingerprint density at radius 3 is 1.48 bits per heavy atom. The Morgan fingerprint density at radius 2 is 1.06 bits per heavy atom. The molecule has 0 N–H and O–H groups in total. The van der Waals surface area contributed by atoms with Gasteiger partial charge in [0.2, 0.25) is 0 Å². The van der Waals surface area contributed by atoms with Gasteiger partial charge in [-0.3, -0.25) is 0 Å². The average Bonchev–Trinajstić information content (AvgIpc) is 3.02. The van der Waals surface area contributed by atoms with Gasteiger partial charge in [0.25, 0.3) is 0 Å². The molecule has 2 aromatic rings. The van der Waals surface area contributed by atoms with Crippen molar-refractivity contribution in [2.75, 3.05) is 53.9 Å². The van der Waals surface area contributed by atoms with Crippen molar-refractivity contribution < 1.29 is 18.9 Å². The first-order valence-electron chi connectivity index (χ1n) is 11.5. The van der Waals surface area contributed by atoms with Crippen LogP contribution in [0.25, 0.3) is 11.1 Å². The molecule has 1 aliphatic rings. The Labute approximate surface area is 187 Å². The normalized spacial score (nSPS) is 13.9. The van der Waals surface area contributed by atoms with Crippen molar-refractivity contribution in [1.82, 2.24) is 0 Å². The highest BCUT2D eigenvalue weighted by molar-refractivity contribution is 5.81. The van der Waals surface area contributed by atoms with Crippen LogP contribution in [0.3, 0.4) is 0 Å². The van der Waals surface area contributed by atoms with Gasteiger partial charge >= 0.3 is 0 Å². The Kier molecular flexibility index (Phi) is 9.09. The Balaban J connectivity index is 1.85. The van der Waals surface area contributed by atoms with Crippen molar-refractivity contribution in [2.45, 2.75) is 44.9 Å². The molecule has 0 bridgehead atoms. The number of fused-ring (bicyclic) bond motifs is 3. The molecule has 0 spiro atoms. The fourth-order valence-corrected chi connectivity index (χ4v) is 4.83. The Hall–Kier alpha value is -1.72. The lowest BCUT2D eigenvalue weighted by Crippen LogP contribution is -2.27. The maximum atomic E-state index is 5.81. The predicted octanol–water partition coefficient (Wildman–Crippen LogP) is 5.46. The molecule has 0 amide bonds. The van der Waals surface area contributed by atoms with Gasteiger partial charge in [-0.1, -0.05) is 47.5 Å². The molecule has 0 aliphatic heterocycles. The number of rotatable bonds is 14. The van der Waals surface area contributed by atoms with E-state index < -0.39 is 0 Å². The summed E-state index contributed by atoms with van der Waals surface area (Å²) in [7, 11) is 3.42. The Morgan fingerprint density at radius 1 is 0.613 bits per heavy atom. The summed E-state index contributed by atoms with van der Waals surface area (Å²) in [4.78, 5) is 0. The minimum Gasteiger partial charge on any atom is -0.382 e. The van der Waals surface area contributed by atoms with E-state index in [-0.39, 0.29) is 5.41 Å². The van der Waals surface area contributed by atoms with Crippen molar-refractivity contribution in [1.29, 1.82) is 0 Å². The molecule has 1 aliphatic carbocycles. The standard InChI is InChI=1S/C27H38O4/c1-21-7-9-23-24-10-8-22(2)20-26(24)27(25(23)19-21,11-5-13-30-17-15-28-3)12-6-14-31-18-16-29-4/h7-10,19-20H,5-6,11-18H2,1-4H3. The number of aryl methyl sites for hydroxylation is 2. The van der Waals surface area contributed by atoms with Gasteiger partial charge in [-0.05, 0) is 61.8 Å². The lowest BCUT2D eigenvalue weighted by atomic mass is 9.71. The zero-order valence-corrected chi connectivity index (χ0v) is 19.7. The molecule has 31 heavy (non-hydrogen) atoms. The first-order chi connectivity index (χ1) is 15.1. The molecule has 3 rings (SSSR count). The van der Waals surface area contributed by atoms with Crippen molar-refractivity contribution in [3.8, 4) is 11.1 Å². The molecule has 170 valence electrons. The SMILES string of the molecule is COCCOCCCC1(CCCOCCOC)c2cc(C)ccc2-c2ccc(C)cc21. The van der Waals surface area contributed by atoms with Gasteiger partial charge in [0, 0.05) is 32.8 Å². The van der Waals surface area contributed by atoms with E-state index >= 15 is 0 Å². The van der Waals surface area contributed by atoms with Crippen LogP contribution in [0.4, 0.5) is 0 Å². The summed E-state index contributed by atoms with van der Waals surface area (Å²) in [6, 6.07) is 13.9. The molecule has 0 aromatic heterocycles. The number of ether oxygens (including phenoxy) is 4. The summed E-state index contributed by atoms with van der Waals surface area (Å²) in [6.45, 7) is 8.52. The Bertz CT molecular complexity index is 760. The molecular formula is C27H38O4. The number of hydrogen-bond donors (Lipinski definition) is 0. The summed E-state index contributed by atoms with van der Waals surface area (Å²) >= 11 is 0. The van der Waals surface area contributed by atoms with Crippen LogP contribution in [-0.2, 0) is 24.4 Å². The average molecular weight is 427 g/mol. The summed E-state index contributed by atoms with van der Waals surface area (Å²) in [5, 5.41) is 0. The van der Waals surface area contributed by atoms with Gasteiger partial charge in [0.15, 0.2) is 0 Å². The minimum absolute atomic E-state index is 0.0118. The van der Waals surface area contributed by atoms with Crippen LogP contribution < -0.4 is 0 Å². The lowest BCUT2D eigenvalue weighted by Gasteiger charge is -2.33. The quantitative estimate of drug-likeness (QED) is 0.376. The van der Waals surface area contributed by atoms with Crippen LogP contribution in [0.2, 0.25) is 0 Å². The topological polar surface area (TPSA) is 36.9 Å². The lowest BCUT2D eigenvalue weighted by molar-refractivity contribution is 0.0629. The highest BCUT2D eigenvalue weighted by Crippen LogP contribution is 2.54. The second-order valence-electron chi connectivity index (χ2n) is 8.60. The monoisotopic (exact) mass is 426 g/mol. The molecule has 4 nitrogen and oxygen atoms in total. The van der Waals surface area contributed by atoms with Crippen molar-refractivity contribution in [3.05, 3.63) is 58.7 Å². The second kappa shape index (κ2) is 11.8. The van der Waals surface area contributed by atoms with Crippen LogP contribution in [-0.4, -0.2) is 53.9 Å². The molecule has 0 unspecified atom stereocenters. The van der Waals surface area contributed by atoms with Gasteiger partial charge in [0.1, 0.15) is 0 Å². The predicted molar refractivity (Wildman–Crippen MR) is 126 cm³/mol. The van der Waals surface area contributed by atoms with Crippen LogP contribution >= 0.6 is 0 Å². The molecule has 0 saturated heterocycles. The molecule has 0 fully saturated rings. The van der Waals surface area contributed by atoms with Gasteiger partial charge in [-0.2, -0.15) is 0 Å². The second-order valence-corrected chi connectivity index (χ2v) is 8.60. The highest BCUT2D eigenvalue weighted by atomic mass is 16.5. The van der Waals surface area contributed by atoms with E-state index in [1.807, 2.05) is 0 Å². The van der Waals surface area contributed by atoms with E-state index in [2.05, 4.69) is 50.2 Å². The summed E-state index contributed by atoms with van der Waals surface area (Å²) < 4.78 is 21.8.